The molecule has 0 spiro atoms. The number of amides is 1. The van der Waals surface area contributed by atoms with Crippen LogP contribution in [0.2, 0.25) is 5.02 Å². The highest BCUT2D eigenvalue weighted by molar-refractivity contribution is 6.31. The Balaban J connectivity index is 1.36. The average Bonchev–Trinajstić information content (AvgIpc) is 3.21. The third-order valence-corrected chi connectivity index (χ3v) is 5.94. The van der Waals surface area contributed by atoms with Crippen molar-refractivity contribution in [2.75, 3.05) is 32.7 Å². The van der Waals surface area contributed by atoms with Crippen molar-refractivity contribution in [3.05, 3.63) is 70.5 Å². The van der Waals surface area contributed by atoms with Gasteiger partial charge in [-0.25, -0.2) is 9.82 Å². The Morgan fingerprint density at radius 2 is 1.82 bits per heavy atom. The molecule has 0 radical (unpaired) electrons. The summed E-state index contributed by atoms with van der Waals surface area (Å²) in [4.78, 5) is 17.2. The first-order chi connectivity index (χ1) is 13.6. The zero-order chi connectivity index (χ0) is 19.5. The largest absolute Gasteiger partial charge is 0.340 e. The van der Waals surface area contributed by atoms with Crippen LogP contribution in [0.5, 0.6) is 0 Å². The summed E-state index contributed by atoms with van der Waals surface area (Å²) in [5.41, 5.74) is 8.00. The molecule has 2 heterocycles. The third-order valence-electron chi connectivity index (χ3n) is 5.59. The molecule has 2 aliphatic heterocycles. The smallest absolute Gasteiger partial charge is 0.229 e. The lowest BCUT2D eigenvalue weighted by atomic mass is 9.93. The monoisotopic (exact) mass is 402 g/mol. The molecule has 0 aliphatic carbocycles. The highest BCUT2D eigenvalue weighted by atomic mass is 35.5. The van der Waals surface area contributed by atoms with Gasteiger partial charge in [-0.3, -0.25) is 15.1 Å². The molecule has 148 valence electrons. The lowest BCUT2D eigenvalue weighted by Gasteiger charge is -2.36. The molecule has 28 heavy (non-hydrogen) atoms. The van der Waals surface area contributed by atoms with Crippen LogP contribution in [0.15, 0.2) is 48.5 Å². The summed E-state index contributed by atoms with van der Waals surface area (Å²) in [6.07, 6.45) is 0. The lowest BCUT2D eigenvalue weighted by Crippen LogP contribution is -2.51. The van der Waals surface area contributed by atoms with Crippen LogP contribution in [0.3, 0.4) is 0 Å². The molecule has 2 N–H and O–H groups in total. The van der Waals surface area contributed by atoms with Crippen LogP contribution in [0.1, 0.15) is 17.2 Å². The third kappa shape index (κ3) is 4.05. The highest BCUT2D eigenvalue weighted by Crippen LogP contribution is 2.27. The zero-order valence-electron chi connectivity index (χ0n) is 15.6. The van der Waals surface area contributed by atoms with Crippen molar-refractivity contribution in [3.63, 3.8) is 0 Å². The standard InChI is InChI=1S/C21H24ClFN4O/c22-18-7-4-8-19(23)17(18)14-26-9-11-27(12-10-26)21(28)16-13-24-25-20(16)15-5-2-1-3-6-15/h1-8,16,20,24-25H,9-14H2. The maximum Gasteiger partial charge on any atom is 0.229 e. The van der Waals surface area contributed by atoms with E-state index in [1.54, 1.807) is 12.1 Å². The van der Waals surface area contributed by atoms with Gasteiger partial charge < -0.3 is 4.90 Å². The van der Waals surface area contributed by atoms with Crippen molar-refractivity contribution in [3.8, 4) is 0 Å². The molecular formula is C21H24ClFN4O. The maximum absolute atomic E-state index is 14.0. The average molecular weight is 403 g/mol. The van der Waals surface area contributed by atoms with Gasteiger partial charge in [-0.15, -0.1) is 0 Å². The van der Waals surface area contributed by atoms with Crippen molar-refractivity contribution in [2.45, 2.75) is 12.6 Å². The molecule has 2 fully saturated rings. The fourth-order valence-corrected chi connectivity index (χ4v) is 4.19. The molecule has 4 rings (SSSR count). The molecule has 2 atom stereocenters. The molecule has 0 saturated carbocycles. The molecule has 0 bridgehead atoms. The first-order valence-corrected chi connectivity index (χ1v) is 9.98. The van der Waals surface area contributed by atoms with Gasteiger partial charge in [-0.05, 0) is 17.7 Å². The molecule has 2 aromatic rings. The minimum Gasteiger partial charge on any atom is -0.340 e. The van der Waals surface area contributed by atoms with E-state index in [1.807, 2.05) is 35.2 Å². The van der Waals surface area contributed by atoms with Crippen molar-refractivity contribution in [2.24, 2.45) is 5.92 Å². The van der Waals surface area contributed by atoms with E-state index in [4.69, 9.17) is 11.6 Å². The fourth-order valence-electron chi connectivity index (χ4n) is 3.97. The van der Waals surface area contributed by atoms with Crippen molar-refractivity contribution >= 4 is 17.5 Å². The minimum absolute atomic E-state index is 0.0241. The van der Waals surface area contributed by atoms with E-state index < -0.39 is 0 Å². The SMILES string of the molecule is O=C(C1CNNC1c1ccccc1)N1CCN(Cc2c(F)cccc2Cl)CC1. The molecule has 2 saturated heterocycles. The Hall–Kier alpha value is -1.99. The van der Waals surface area contributed by atoms with E-state index in [2.05, 4.69) is 15.8 Å². The minimum atomic E-state index is -0.278. The fraction of sp³-hybridized carbons (Fsp3) is 0.381. The van der Waals surface area contributed by atoms with Gasteiger partial charge in [0.25, 0.3) is 0 Å². The quantitative estimate of drug-likeness (QED) is 0.825. The highest BCUT2D eigenvalue weighted by Gasteiger charge is 2.37. The van der Waals surface area contributed by atoms with E-state index in [9.17, 15) is 9.18 Å². The molecule has 2 aromatic carbocycles. The van der Waals surface area contributed by atoms with Gasteiger partial charge in [-0.2, -0.15) is 0 Å². The number of hydrogen-bond donors (Lipinski definition) is 2. The van der Waals surface area contributed by atoms with E-state index in [1.165, 1.54) is 6.07 Å². The first-order valence-electron chi connectivity index (χ1n) is 9.61. The molecular weight excluding hydrogens is 379 g/mol. The Morgan fingerprint density at radius 3 is 2.54 bits per heavy atom. The summed E-state index contributed by atoms with van der Waals surface area (Å²) in [6.45, 7) is 3.78. The zero-order valence-corrected chi connectivity index (χ0v) is 16.3. The number of nitrogens with zero attached hydrogens (tertiary/aromatic N) is 2. The molecule has 5 nitrogen and oxygen atoms in total. The Morgan fingerprint density at radius 1 is 1.07 bits per heavy atom. The van der Waals surface area contributed by atoms with Crippen LogP contribution in [-0.2, 0) is 11.3 Å². The molecule has 7 heteroatoms. The summed E-state index contributed by atoms with van der Waals surface area (Å²) in [5, 5.41) is 0.451. The number of nitrogens with one attached hydrogen (secondary N) is 2. The Kier molecular flexibility index (Phi) is 5.92. The van der Waals surface area contributed by atoms with Gasteiger partial charge in [0, 0.05) is 49.9 Å². The van der Waals surface area contributed by atoms with Gasteiger partial charge in [-0.1, -0.05) is 48.0 Å². The van der Waals surface area contributed by atoms with Gasteiger partial charge in [0.2, 0.25) is 5.91 Å². The number of benzene rings is 2. The number of halogens is 2. The van der Waals surface area contributed by atoms with Crippen LogP contribution >= 0.6 is 11.6 Å². The first kappa shape index (κ1) is 19.3. The van der Waals surface area contributed by atoms with E-state index in [-0.39, 0.29) is 23.7 Å². The second-order valence-corrected chi connectivity index (χ2v) is 7.73. The second kappa shape index (κ2) is 8.57. The van der Waals surface area contributed by atoms with Crippen LogP contribution in [0, 0.1) is 11.7 Å². The van der Waals surface area contributed by atoms with E-state index >= 15 is 0 Å². The van der Waals surface area contributed by atoms with Crippen LogP contribution in [0.25, 0.3) is 0 Å². The van der Waals surface area contributed by atoms with Gasteiger partial charge >= 0.3 is 0 Å². The Bertz CT molecular complexity index is 806. The normalized spacial score (nSPS) is 23.1. The molecule has 0 aromatic heterocycles. The number of rotatable bonds is 4. The summed E-state index contributed by atoms with van der Waals surface area (Å²) in [6, 6.07) is 14.8. The molecule has 1 amide bonds. The van der Waals surface area contributed by atoms with Crippen LogP contribution in [0.4, 0.5) is 4.39 Å². The summed E-state index contributed by atoms with van der Waals surface area (Å²) < 4.78 is 14.0. The van der Waals surface area contributed by atoms with Crippen molar-refractivity contribution in [1.82, 2.24) is 20.7 Å². The van der Waals surface area contributed by atoms with E-state index in [0.717, 1.165) is 5.56 Å². The number of hydrogen-bond acceptors (Lipinski definition) is 4. The second-order valence-electron chi connectivity index (χ2n) is 7.32. The van der Waals surface area contributed by atoms with E-state index in [0.29, 0.717) is 49.9 Å². The molecule has 2 aliphatic rings. The van der Waals surface area contributed by atoms with Gasteiger partial charge in [0.1, 0.15) is 5.82 Å². The maximum atomic E-state index is 14.0. The Labute approximate surface area is 169 Å². The van der Waals surface area contributed by atoms with Crippen molar-refractivity contribution in [1.29, 1.82) is 0 Å². The predicted molar refractivity (Wildman–Crippen MR) is 107 cm³/mol. The van der Waals surface area contributed by atoms with Crippen molar-refractivity contribution < 1.29 is 9.18 Å². The predicted octanol–water partition coefficient (Wildman–Crippen LogP) is 2.59. The molecule has 2 unspecified atom stereocenters. The number of hydrazine groups is 1. The number of carbonyl (C=O) groups excluding carboxylic acids is 1. The number of carbonyl (C=O) groups is 1. The summed E-state index contributed by atoms with van der Waals surface area (Å²) >= 11 is 6.14. The van der Waals surface area contributed by atoms with Gasteiger partial charge in [0.15, 0.2) is 0 Å². The number of piperazine rings is 1. The van der Waals surface area contributed by atoms with Crippen LogP contribution in [-0.4, -0.2) is 48.4 Å². The summed E-state index contributed by atoms with van der Waals surface area (Å²) in [5.74, 6) is -0.246. The summed E-state index contributed by atoms with van der Waals surface area (Å²) in [7, 11) is 0. The van der Waals surface area contributed by atoms with Gasteiger partial charge in [0.05, 0.1) is 12.0 Å². The lowest BCUT2D eigenvalue weighted by molar-refractivity contribution is -0.137. The topological polar surface area (TPSA) is 47.6 Å². The van der Waals surface area contributed by atoms with Crippen LogP contribution < -0.4 is 10.9 Å².